The van der Waals surface area contributed by atoms with Gasteiger partial charge in [-0.1, -0.05) is 0 Å². The van der Waals surface area contributed by atoms with Crippen LogP contribution in [0.4, 0.5) is 10.1 Å². The number of hydrogen-bond acceptors (Lipinski definition) is 5. The zero-order valence-corrected chi connectivity index (χ0v) is 19.9. The first-order valence-corrected chi connectivity index (χ1v) is 11.2. The van der Waals surface area contributed by atoms with Crippen molar-refractivity contribution in [3.05, 3.63) is 74.7 Å². The van der Waals surface area contributed by atoms with Gasteiger partial charge in [-0.3, -0.25) is 19.8 Å². The number of nitrogens with zero attached hydrogens (tertiary/aromatic N) is 3. The highest BCUT2D eigenvalue weighted by Crippen LogP contribution is 2.34. The lowest BCUT2D eigenvalue weighted by atomic mass is 10.1. The van der Waals surface area contributed by atoms with E-state index in [1.165, 1.54) is 46.6 Å². The Morgan fingerprint density at radius 2 is 1.82 bits per heavy atom. The number of thiocarbonyl (C=S) groups is 1. The van der Waals surface area contributed by atoms with Gasteiger partial charge in [-0.05, 0) is 87.4 Å². The number of aromatic nitrogens is 1. The Balaban J connectivity index is 1.80. The van der Waals surface area contributed by atoms with Gasteiger partial charge in [0.25, 0.3) is 11.8 Å². The van der Waals surface area contributed by atoms with Gasteiger partial charge in [-0.25, -0.2) is 4.39 Å². The number of nitriles is 1. The summed E-state index contributed by atoms with van der Waals surface area (Å²) in [4.78, 5) is 28.1. The molecular formula is C24H19FN4O2S2. The Hall–Kier alpha value is -3.61. The first kappa shape index (κ1) is 22.6. The highest BCUT2D eigenvalue weighted by atomic mass is 32.1. The molecule has 3 heterocycles. The molecule has 1 fully saturated rings. The van der Waals surface area contributed by atoms with Crippen molar-refractivity contribution in [3.8, 4) is 11.1 Å². The summed E-state index contributed by atoms with van der Waals surface area (Å²) in [6, 6.07) is 9.43. The maximum absolute atomic E-state index is 13.3. The van der Waals surface area contributed by atoms with E-state index >= 15 is 0 Å². The van der Waals surface area contributed by atoms with Crippen LogP contribution in [-0.2, 0) is 9.59 Å². The molecule has 0 radical (unpaired) electrons. The number of hydrogen-bond donors (Lipinski definition) is 1. The molecule has 0 bridgehead atoms. The fraction of sp³-hybridized carbons (Fsp3) is 0.167. The number of aryl methyl sites for hydroxylation is 2. The molecule has 6 nitrogen and oxygen atoms in total. The summed E-state index contributed by atoms with van der Waals surface area (Å²) >= 11 is 6.71. The number of rotatable bonds is 3. The highest BCUT2D eigenvalue weighted by molar-refractivity contribution is 7.80. The van der Waals surface area contributed by atoms with Crippen LogP contribution in [0.1, 0.15) is 33.0 Å². The van der Waals surface area contributed by atoms with Crippen molar-refractivity contribution in [3.63, 3.8) is 0 Å². The molecule has 1 N–H and O–H groups in total. The van der Waals surface area contributed by atoms with Crippen molar-refractivity contribution < 1.29 is 14.0 Å². The van der Waals surface area contributed by atoms with E-state index in [9.17, 15) is 19.2 Å². The number of amides is 2. The maximum atomic E-state index is 13.3. The van der Waals surface area contributed by atoms with Gasteiger partial charge in [-0.15, -0.1) is 11.3 Å². The number of nitrogens with one attached hydrogen (secondary N) is 1. The average Bonchev–Trinajstić information content (AvgIpc) is 3.20. The smallest absolute Gasteiger partial charge is 0.270 e. The number of thiophene rings is 1. The first-order valence-electron chi connectivity index (χ1n) is 10.0. The molecule has 33 heavy (non-hydrogen) atoms. The van der Waals surface area contributed by atoms with Crippen LogP contribution < -0.4 is 10.2 Å². The SMILES string of the molecule is Cc1sc(-n2c(C)cc(C=C3C(=O)NC(=S)N(c4ccc(F)cc4)C3=O)c2C)c(C#N)c1C. The fourth-order valence-corrected chi connectivity index (χ4v) is 5.28. The van der Waals surface area contributed by atoms with E-state index in [1.807, 2.05) is 38.3 Å². The maximum Gasteiger partial charge on any atom is 0.270 e. The van der Waals surface area contributed by atoms with E-state index in [4.69, 9.17) is 12.2 Å². The molecule has 9 heteroatoms. The molecular weight excluding hydrogens is 459 g/mol. The summed E-state index contributed by atoms with van der Waals surface area (Å²) in [7, 11) is 0. The van der Waals surface area contributed by atoms with E-state index in [0.717, 1.165) is 26.8 Å². The summed E-state index contributed by atoms with van der Waals surface area (Å²) in [6.45, 7) is 7.67. The molecule has 0 aliphatic carbocycles. The second-order valence-electron chi connectivity index (χ2n) is 7.67. The first-order chi connectivity index (χ1) is 15.6. The monoisotopic (exact) mass is 478 g/mol. The molecule has 1 aliphatic heterocycles. The van der Waals surface area contributed by atoms with Crippen LogP contribution >= 0.6 is 23.6 Å². The van der Waals surface area contributed by atoms with Crippen molar-refractivity contribution in [2.24, 2.45) is 0 Å². The Bertz CT molecular complexity index is 1410. The molecule has 4 rings (SSSR count). The predicted octanol–water partition coefficient (Wildman–Crippen LogP) is 4.61. The summed E-state index contributed by atoms with van der Waals surface area (Å²) in [5, 5.41) is 12.9. The van der Waals surface area contributed by atoms with Crippen molar-refractivity contribution in [1.29, 1.82) is 5.26 Å². The Morgan fingerprint density at radius 3 is 2.45 bits per heavy atom. The third-order valence-electron chi connectivity index (χ3n) is 5.64. The minimum Gasteiger partial charge on any atom is -0.308 e. The van der Waals surface area contributed by atoms with Crippen LogP contribution in [0.2, 0.25) is 0 Å². The van der Waals surface area contributed by atoms with E-state index in [0.29, 0.717) is 16.8 Å². The molecule has 1 aromatic carbocycles. The molecule has 3 aromatic rings. The molecule has 166 valence electrons. The quantitative estimate of drug-likeness (QED) is 0.339. The lowest BCUT2D eigenvalue weighted by molar-refractivity contribution is -0.122. The van der Waals surface area contributed by atoms with Crippen molar-refractivity contribution >= 4 is 52.2 Å². The fourth-order valence-electron chi connectivity index (χ4n) is 3.78. The number of anilines is 1. The number of carbonyl (C=O) groups excluding carboxylic acids is 2. The number of benzene rings is 1. The van der Waals surface area contributed by atoms with Gasteiger partial charge in [-0.2, -0.15) is 5.26 Å². The molecule has 2 aromatic heterocycles. The van der Waals surface area contributed by atoms with Gasteiger partial charge < -0.3 is 4.57 Å². The van der Waals surface area contributed by atoms with Gasteiger partial charge in [0.05, 0.1) is 11.3 Å². The van der Waals surface area contributed by atoms with E-state index in [2.05, 4.69) is 11.4 Å². The normalized spacial score (nSPS) is 15.2. The standard InChI is InChI=1S/C24H19FN4O2S2/c1-12-9-16(14(3)28(12)23-20(11-26)13(2)15(4)33-23)10-19-21(30)27-24(32)29(22(19)31)18-7-5-17(25)6-8-18/h5-10H,1-4H3,(H,27,30,32). The van der Waals surface area contributed by atoms with Gasteiger partial charge in [0, 0.05) is 16.3 Å². The molecule has 0 unspecified atom stereocenters. The molecule has 1 aliphatic rings. The number of halogens is 1. The Morgan fingerprint density at radius 1 is 1.15 bits per heavy atom. The second-order valence-corrected chi connectivity index (χ2v) is 9.26. The van der Waals surface area contributed by atoms with Crippen LogP contribution in [0.15, 0.2) is 35.9 Å². The van der Waals surface area contributed by atoms with Crippen LogP contribution in [-0.4, -0.2) is 21.5 Å². The summed E-state index contributed by atoms with van der Waals surface area (Å²) in [5.41, 5.74) is 4.14. The van der Waals surface area contributed by atoms with Gasteiger partial charge in [0.2, 0.25) is 0 Å². The Kier molecular flexibility index (Phi) is 5.74. The molecule has 2 amide bonds. The van der Waals surface area contributed by atoms with Gasteiger partial charge in [0.1, 0.15) is 22.5 Å². The van der Waals surface area contributed by atoms with Crippen LogP contribution in [0.25, 0.3) is 11.1 Å². The van der Waals surface area contributed by atoms with Crippen molar-refractivity contribution in [1.82, 2.24) is 9.88 Å². The van der Waals surface area contributed by atoms with Crippen LogP contribution in [0.5, 0.6) is 0 Å². The van der Waals surface area contributed by atoms with E-state index in [1.54, 1.807) is 0 Å². The highest BCUT2D eigenvalue weighted by Gasteiger charge is 2.34. The summed E-state index contributed by atoms with van der Waals surface area (Å²) < 4.78 is 15.3. The Labute approximate surface area is 199 Å². The minimum absolute atomic E-state index is 0.0672. The lowest BCUT2D eigenvalue weighted by Crippen LogP contribution is -2.54. The second kappa shape index (κ2) is 8.39. The van der Waals surface area contributed by atoms with E-state index in [-0.39, 0.29) is 10.7 Å². The van der Waals surface area contributed by atoms with Crippen LogP contribution in [0.3, 0.4) is 0 Å². The molecule has 0 spiro atoms. The predicted molar refractivity (Wildman–Crippen MR) is 130 cm³/mol. The third-order valence-corrected chi connectivity index (χ3v) is 7.12. The largest absolute Gasteiger partial charge is 0.308 e. The zero-order valence-electron chi connectivity index (χ0n) is 18.3. The zero-order chi connectivity index (χ0) is 24.0. The summed E-state index contributed by atoms with van der Waals surface area (Å²) in [5.74, 6) is -1.65. The topological polar surface area (TPSA) is 78.1 Å². The number of carbonyl (C=O) groups is 2. The van der Waals surface area contributed by atoms with E-state index < -0.39 is 17.6 Å². The molecule has 0 atom stereocenters. The summed E-state index contributed by atoms with van der Waals surface area (Å²) in [6.07, 6.45) is 1.52. The lowest BCUT2D eigenvalue weighted by Gasteiger charge is -2.28. The molecule has 1 saturated heterocycles. The van der Waals surface area contributed by atoms with Crippen molar-refractivity contribution in [2.75, 3.05) is 4.90 Å². The van der Waals surface area contributed by atoms with Crippen LogP contribution in [0, 0.1) is 44.8 Å². The van der Waals surface area contributed by atoms with Crippen molar-refractivity contribution in [2.45, 2.75) is 27.7 Å². The van der Waals surface area contributed by atoms with Gasteiger partial charge in [0.15, 0.2) is 5.11 Å². The third kappa shape index (κ3) is 3.77. The average molecular weight is 479 g/mol. The molecule has 0 saturated carbocycles. The minimum atomic E-state index is -0.603. The van der Waals surface area contributed by atoms with Gasteiger partial charge >= 0.3 is 0 Å².